The minimum Gasteiger partial charge on any atom is -0.478 e. The van der Waals surface area contributed by atoms with E-state index in [-0.39, 0.29) is 17.4 Å². The number of carboxylic acid groups (broad SMARTS) is 1. The second-order valence-corrected chi connectivity index (χ2v) is 7.18. The molecule has 32 heavy (non-hydrogen) atoms. The fourth-order valence-electron chi connectivity index (χ4n) is 2.94. The number of aromatic nitrogens is 2. The number of anilines is 2. The maximum absolute atomic E-state index is 12.4. The molecule has 0 bridgehead atoms. The molecule has 0 unspecified atom stereocenters. The third kappa shape index (κ3) is 6.53. The van der Waals surface area contributed by atoms with Gasteiger partial charge in [-0.2, -0.15) is 4.98 Å². The van der Waals surface area contributed by atoms with Gasteiger partial charge in [0.05, 0.1) is 5.56 Å². The summed E-state index contributed by atoms with van der Waals surface area (Å²) in [7, 11) is 0. The van der Waals surface area contributed by atoms with Crippen LogP contribution < -0.4 is 15.4 Å². The highest BCUT2D eigenvalue weighted by Gasteiger charge is 2.16. The molecule has 0 saturated heterocycles. The van der Waals surface area contributed by atoms with Crippen LogP contribution in [-0.4, -0.2) is 27.0 Å². The molecule has 3 N–H and O–H groups in total. The number of unbranched alkanes of at least 4 members (excludes halogenated alkanes) is 1. The van der Waals surface area contributed by atoms with Crippen molar-refractivity contribution in [2.45, 2.75) is 39.3 Å². The monoisotopic (exact) mass is 434 g/mol. The average Bonchev–Trinajstić information content (AvgIpc) is 2.82. The molecule has 0 fully saturated rings. The van der Waals surface area contributed by atoms with Crippen molar-refractivity contribution in [2.75, 3.05) is 10.6 Å². The summed E-state index contributed by atoms with van der Waals surface area (Å²) < 4.78 is 5.89. The van der Waals surface area contributed by atoms with Crippen LogP contribution in [-0.2, 0) is 17.9 Å². The van der Waals surface area contributed by atoms with Crippen molar-refractivity contribution in [1.82, 2.24) is 9.97 Å². The van der Waals surface area contributed by atoms with Crippen molar-refractivity contribution in [1.29, 1.82) is 0 Å². The normalized spacial score (nSPS) is 10.4. The van der Waals surface area contributed by atoms with E-state index in [4.69, 9.17) is 9.84 Å². The zero-order valence-corrected chi connectivity index (χ0v) is 17.9. The fourth-order valence-corrected chi connectivity index (χ4v) is 2.94. The maximum atomic E-state index is 12.4. The highest BCUT2D eigenvalue weighted by atomic mass is 16.5. The largest absolute Gasteiger partial charge is 0.478 e. The lowest BCUT2D eigenvalue weighted by atomic mass is 10.1. The molecule has 8 nitrogen and oxygen atoms in total. The fraction of sp³-hybridized carbons (Fsp3) is 0.250. The van der Waals surface area contributed by atoms with Gasteiger partial charge in [-0.3, -0.25) is 4.79 Å². The Labute approximate surface area is 186 Å². The minimum absolute atomic E-state index is 0.139. The smallest absolute Gasteiger partial charge is 0.335 e. The first-order valence-electron chi connectivity index (χ1n) is 10.4. The number of nitrogens with zero attached hydrogens (tertiary/aromatic N) is 2. The summed E-state index contributed by atoms with van der Waals surface area (Å²) in [6.07, 6.45) is 3.45. The van der Waals surface area contributed by atoms with E-state index in [9.17, 15) is 9.59 Å². The number of hydrogen-bond donors (Lipinski definition) is 3. The maximum Gasteiger partial charge on any atom is 0.335 e. The standard InChI is InChI=1S/C24H26N4O4/c1-2-3-9-20(29)28-21-22(25-14-17-10-12-19(13-11-17)24(30)31)26-16-27-23(21)32-15-18-7-5-4-6-8-18/h4-8,10-13,16H,2-3,9,14-15H2,1H3,(H,28,29)(H,30,31)(H,25,26,27). The number of benzene rings is 2. The summed E-state index contributed by atoms with van der Waals surface area (Å²) in [5, 5.41) is 15.1. The van der Waals surface area contributed by atoms with E-state index in [2.05, 4.69) is 20.6 Å². The molecule has 3 aromatic rings. The van der Waals surface area contributed by atoms with Gasteiger partial charge in [-0.15, -0.1) is 0 Å². The van der Waals surface area contributed by atoms with Crippen LogP contribution in [0.1, 0.15) is 47.7 Å². The highest BCUT2D eigenvalue weighted by Crippen LogP contribution is 2.30. The van der Waals surface area contributed by atoms with Gasteiger partial charge in [0.25, 0.3) is 0 Å². The molecule has 0 aliphatic rings. The van der Waals surface area contributed by atoms with E-state index in [0.717, 1.165) is 24.0 Å². The molecular formula is C24H26N4O4. The number of rotatable bonds is 11. The summed E-state index contributed by atoms with van der Waals surface area (Å²) in [6, 6.07) is 16.2. The van der Waals surface area contributed by atoms with Gasteiger partial charge in [0.1, 0.15) is 18.6 Å². The van der Waals surface area contributed by atoms with E-state index in [1.54, 1.807) is 24.3 Å². The Morgan fingerprint density at radius 1 is 1.00 bits per heavy atom. The third-order valence-corrected chi connectivity index (χ3v) is 4.71. The van der Waals surface area contributed by atoms with Crippen molar-refractivity contribution in [2.24, 2.45) is 0 Å². The number of carboxylic acids is 1. The van der Waals surface area contributed by atoms with Gasteiger partial charge >= 0.3 is 5.97 Å². The molecular weight excluding hydrogens is 408 g/mol. The van der Waals surface area contributed by atoms with Crippen LogP contribution in [0, 0.1) is 0 Å². The number of carbonyl (C=O) groups excluding carboxylic acids is 1. The molecule has 2 aromatic carbocycles. The Hall–Kier alpha value is -3.94. The van der Waals surface area contributed by atoms with Gasteiger partial charge in [-0.1, -0.05) is 55.8 Å². The van der Waals surface area contributed by atoms with E-state index < -0.39 is 5.97 Å². The Bertz CT molecular complexity index is 1040. The Kier molecular flexibility index (Phi) is 8.14. The second-order valence-electron chi connectivity index (χ2n) is 7.18. The first-order valence-corrected chi connectivity index (χ1v) is 10.4. The predicted octanol–water partition coefficient (Wildman–Crippen LogP) is 4.49. The molecule has 8 heteroatoms. The molecule has 0 aliphatic carbocycles. The van der Waals surface area contributed by atoms with Crippen LogP contribution in [0.15, 0.2) is 60.9 Å². The lowest BCUT2D eigenvalue weighted by molar-refractivity contribution is -0.116. The number of amides is 1. The van der Waals surface area contributed by atoms with Gasteiger partial charge in [0, 0.05) is 13.0 Å². The second kappa shape index (κ2) is 11.5. The Morgan fingerprint density at radius 2 is 1.75 bits per heavy atom. The molecule has 1 amide bonds. The molecule has 1 heterocycles. The number of carbonyl (C=O) groups is 2. The van der Waals surface area contributed by atoms with Crippen molar-refractivity contribution < 1.29 is 19.4 Å². The third-order valence-electron chi connectivity index (χ3n) is 4.71. The lowest BCUT2D eigenvalue weighted by Crippen LogP contribution is -2.16. The Balaban J connectivity index is 1.77. The summed E-state index contributed by atoms with van der Waals surface area (Å²) >= 11 is 0. The molecule has 0 atom stereocenters. The van der Waals surface area contributed by atoms with Crippen LogP contribution in [0.2, 0.25) is 0 Å². The SMILES string of the molecule is CCCCC(=O)Nc1c(NCc2ccc(C(=O)O)cc2)ncnc1OCc1ccccc1. The molecule has 3 rings (SSSR count). The molecule has 0 radical (unpaired) electrons. The van der Waals surface area contributed by atoms with Crippen molar-refractivity contribution >= 4 is 23.4 Å². The molecule has 0 aliphatic heterocycles. The zero-order chi connectivity index (χ0) is 22.8. The molecule has 0 spiro atoms. The van der Waals surface area contributed by atoms with E-state index in [1.807, 2.05) is 37.3 Å². The van der Waals surface area contributed by atoms with Crippen molar-refractivity contribution in [3.63, 3.8) is 0 Å². The number of ether oxygens (including phenoxy) is 1. The van der Waals surface area contributed by atoms with Gasteiger partial charge in [0.15, 0.2) is 5.82 Å². The first-order chi connectivity index (χ1) is 15.6. The first kappa shape index (κ1) is 22.7. The van der Waals surface area contributed by atoms with Crippen LogP contribution in [0.5, 0.6) is 5.88 Å². The number of hydrogen-bond acceptors (Lipinski definition) is 6. The average molecular weight is 434 g/mol. The summed E-state index contributed by atoms with van der Waals surface area (Å²) in [5.41, 5.74) is 2.44. The summed E-state index contributed by atoms with van der Waals surface area (Å²) in [6.45, 7) is 2.70. The lowest BCUT2D eigenvalue weighted by Gasteiger charge is -2.16. The highest BCUT2D eigenvalue weighted by molar-refractivity contribution is 5.95. The van der Waals surface area contributed by atoms with E-state index >= 15 is 0 Å². The summed E-state index contributed by atoms with van der Waals surface area (Å²) in [5.74, 6) is -0.412. The van der Waals surface area contributed by atoms with Gasteiger partial charge in [-0.25, -0.2) is 9.78 Å². The summed E-state index contributed by atoms with van der Waals surface area (Å²) in [4.78, 5) is 31.9. The van der Waals surface area contributed by atoms with Crippen LogP contribution >= 0.6 is 0 Å². The molecule has 0 saturated carbocycles. The number of nitrogens with one attached hydrogen (secondary N) is 2. The Morgan fingerprint density at radius 3 is 2.44 bits per heavy atom. The quantitative estimate of drug-likeness (QED) is 0.407. The van der Waals surface area contributed by atoms with Crippen LogP contribution in [0.4, 0.5) is 11.5 Å². The van der Waals surface area contributed by atoms with Gasteiger partial charge in [0.2, 0.25) is 11.8 Å². The number of aromatic carboxylic acids is 1. The van der Waals surface area contributed by atoms with E-state index in [1.165, 1.54) is 6.33 Å². The molecule has 1 aromatic heterocycles. The van der Waals surface area contributed by atoms with Crippen molar-refractivity contribution in [3.8, 4) is 5.88 Å². The minimum atomic E-state index is -0.974. The van der Waals surface area contributed by atoms with Crippen LogP contribution in [0.3, 0.4) is 0 Å². The molecule has 166 valence electrons. The van der Waals surface area contributed by atoms with Gasteiger partial charge < -0.3 is 20.5 Å². The topological polar surface area (TPSA) is 113 Å². The zero-order valence-electron chi connectivity index (χ0n) is 17.9. The van der Waals surface area contributed by atoms with Crippen molar-refractivity contribution in [3.05, 3.63) is 77.6 Å². The van der Waals surface area contributed by atoms with Gasteiger partial charge in [-0.05, 0) is 29.7 Å². The van der Waals surface area contributed by atoms with E-state index in [0.29, 0.717) is 31.1 Å². The van der Waals surface area contributed by atoms with Crippen LogP contribution in [0.25, 0.3) is 0 Å². The predicted molar refractivity (Wildman–Crippen MR) is 122 cm³/mol.